The molecule has 0 bridgehead atoms. The fourth-order valence-electron chi connectivity index (χ4n) is 4.45. The van der Waals surface area contributed by atoms with Gasteiger partial charge in [-0.1, -0.05) is 73.7 Å². The molecule has 2 atom stereocenters. The van der Waals surface area contributed by atoms with E-state index in [9.17, 15) is 19.8 Å². The van der Waals surface area contributed by atoms with Crippen molar-refractivity contribution in [2.45, 2.75) is 37.9 Å². The SMILES string of the molecule is CCC(=O)c1cccc(C(O)C(O)CCNC(=O)OCC2c3ccccc3-c3ccccc32)c1. The van der Waals surface area contributed by atoms with E-state index in [4.69, 9.17) is 4.74 Å². The molecular weight excluding hydrogens is 430 g/mol. The maximum absolute atomic E-state index is 12.3. The lowest BCUT2D eigenvalue weighted by Gasteiger charge is -2.19. The summed E-state index contributed by atoms with van der Waals surface area (Å²) in [6, 6.07) is 22.9. The molecule has 0 heterocycles. The van der Waals surface area contributed by atoms with Gasteiger partial charge in [-0.3, -0.25) is 4.79 Å². The van der Waals surface area contributed by atoms with E-state index in [2.05, 4.69) is 29.6 Å². The smallest absolute Gasteiger partial charge is 0.407 e. The normalized spacial score (nSPS) is 14.1. The Balaban J connectivity index is 1.28. The molecular formula is C28H29NO5. The fourth-order valence-corrected chi connectivity index (χ4v) is 4.45. The van der Waals surface area contributed by atoms with Crippen LogP contribution in [0.5, 0.6) is 0 Å². The summed E-state index contributed by atoms with van der Waals surface area (Å²) < 4.78 is 5.49. The van der Waals surface area contributed by atoms with E-state index in [0.717, 1.165) is 22.3 Å². The molecule has 0 aromatic heterocycles. The number of Topliss-reactive ketones (excluding diaryl/α,β-unsaturated/α-hetero) is 1. The monoisotopic (exact) mass is 459 g/mol. The maximum Gasteiger partial charge on any atom is 0.407 e. The van der Waals surface area contributed by atoms with E-state index in [1.807, 2.05) is 24.3 Å². The number of hydrogen-bond donors (Lipinski definition) is 3. The summed E-state index contributed by atoms with van der Waals surface area (Å²) in [6.07, 6.45) is -2.32. The van der Waals surface area contributed by atoms with Gasteiger partial charge in [-0.25, -0.2) is 4.79 Å². The van der Waals surface area contributed by atoms with E-state index >= 15 is 0 Å². The van der Waals surface area contributed by atoms with Gasteiger partial charge in [-0.15, -0.1) is 0 Å². The maximum atomic E-state index is 12.3. The van der Waals surface area contributed by atoms with Crippen molar-refractivity contribution in [2.24, 2.45) is 0 Å². The number of fused-ring (bicyclic) bond motifs is 3. The number of benzene rings is 3. The number of ketones is 1. The number of alkyl carbamates (subject to hydrolysis) is 1. The number of hydrogen-bond acceptors (Lipinski definition) is 5. The molecule has 0 fully saturated rings. The van der Waals surface area contributed by atoms with Crippen LogP contribution in [0.25, 0.3) is 11.1 Å². The van der Waals surface area contributed by atoms with Crippen LogP contribution in [0.4, 0.5) is 4.79 Å². The second kappa shape index (κ2) is 10.6. The van der Waals surface area contributed by atoms with Crippen LogP contribution in [0.3, 0.4) is 0 Å². The summed E-state index contributed by atoms with van der Waals surface area (Å²) in [5.41, 5.74) is 5.57. The summed E-state index contributed by atoms with van der Waals surface area (Å²) in [4.78, 5) is 24.2. The Morgan fingerprint density at radius 2 is 1.59 bits per heavy atom. The largest absolute Gasteiger partial charge is 0.449 e. The molecule has 6 heteroatoms. The highest BCUT2D eigenvalue weighted by Gasteiger charge is 2.29. The zero-order valence-electron chi connectivity index (χ0n) is 19.1. The average Bonchev–Trinajstić information content (AvgIpc) is 3.20. The van der Waals surface area contributed by atoms with E-state index in [1.165, 1.54) is 0 Å². The molecule has 2 unspecified atom stereocenters. The zero-order chi connectivity index (χ0) is 24.1. The van der Waals surface area contributed by atoms with Gasteiger partial charge in [-0.2, -0.15) is 0 Å². The van der Waals surface area contributed by atoms with E-state index < -0.39 is 18.3 Å². The number of carbonyl (C=O) groups is 2. The van der Waals surface area contributed by atoms with Crippen LogP contribution in [0.2, 0.25) is 0 Å². The van der Waals surface area contributed by atoms with Crippen molar-refractivity contribution in [1.82, 2.24) is 5.32 Å². The van der Waals surface area contributed by atoms with Crippen LogP contribution < -0.4 is 5.32 Å². The summed E-state index contributed by atoms with van der Waals surface area (Å²) in [7, 11) is 0. The number of amides is 1. The Kier molecular flexibility index (Phi) is 7.40. The number of aliphatic hydroxyl groups excluding tert-OH is 2. The van der Waals surface area contributed by atoms with Gasteiger partial charge in [0.15, 0.2) is 5.78 Å². The van der Waals surface area contributed by atoms with Gasteiger partial charge in [0.2, 0.25) is 0 Å². The Morgan fingerprint density at radius 3 is 2.24 bits per heavy atom. The van der Waals surface area contributed by atoms with Crippen LogP contribution in [0.15, 0.2) is 72.8 Å². The first-order valence-electron chi connectivity index (χ1n) is 11.6. The van der Waals surface area contributed by atoms with E-state index in [0.29, 0.717) is 17.5 Å². The lowest BCUT2D eigenvalue weighted by atomic mass is 9.98. The van der Waals surface area contributed by atoms with Crippen molar-refractivity contribution in [3.05, 3.63) is 95.1 Å². The molecule has 4 rings (SSSR count). The van der Waals surface area contributed by atoms with Crippen LogP contribution in [0.1, 0.15) is 58.8 Å². The molecule has 34 heavy (non-hydrogen) atoms. The minimum Gasteiger partial charge on any atom is -0.449 e. The minimum absolute atomic E-state index is 0.0244. The third-order valence-corrected chi connectivity index (χ3v) is 6.29. The molecule has 1 aliphatic carbocycles. The third kappa shape index (κ3) is 5.03. The molecule has 6 nitrogen and oxygen atoms in total. The molecule has 0 spiro atoms. The standard InChI is InChI=1S/C28H29NO5/c1-2-25(30)18-8-7-9-19(16-18)27(32)26(31)14-15-29-28(33)34-17-24-22-12-5-3-10-20(22)21-11-4-6-13-23(21)24/h3-13,16,24,26-27,31-32H,2,14-15,17H2,1H3,(H,29,33). The first kappa shape index (κ1) is 23.7. The van der Waals surface area contributed by atoms with Gasteiger partial charge in [0.1, 0.15) is 12.7 Å². The van der Waals surface area contributed by atoms with Crippen LogP contribution in [0, 0.1) is 0 Å². The summed E-state index contributed by atoms with van der Waals surface area (Å²) in [5.74, 6) is -0.0517. The highest BCUT2D eigenvalue weighted by molar-refractivity contribution is 5.96. The van der Waals surface area contributed by atoms with Gasteiger partial charge in [-0.05, 0) is 40.3 Å². The summed E-state index contributed by atoms with van der Waals surface area (Å²) in [6.45, 7) is 2.13. The highest BCUT2D eigenvalue weighted by Crippen LogP contribution is 2.44. The Hall–Kier alpha value is -3.48. The first-order valence-corrected chi connectivity index (χ1v) is 11.6. The number of nitrogens with one attached hydrogen (secondary N) is 1. The number of carbonyl (C=O) groups excluding carboxylic acids is 2. The molecule has 0 radical (unpaired) electrons. The molecule has 176 valence electrons. The number of ether oxygens (including phenoxy) is 1. The fraction of sp³-hybridized carbons (Fsp3) is 0.286. The van der Waals surface area contributed by atoms with Crippen molar-refractivity contribution in [3.8, 4) is 11.1 Å². The number of rotatable bonds is 9. The summed E-state index contributed by atoms with van der Waals surface area (Å²) in [5, 5.41) is 23.5. The Labute approximate surface area is 199 Å². The minimum atomic E-state index is -1.16. The predicted octanol–water partition coefficient (Wildman–Crippen LogP) is 4.60. The van der Waals surface area contributed by atoms with Crippen LogP contribution in [-0.4, -0.2) is 41.3 Å². The first-order chi connectivity index (χ1) is 16.5. The van der Waals surface area contributed by atoms with Crippen molar-refractivity contribution < 1.29 is 24.5 Å². The Morgan fingerprint density at radius 1 is 0.941 bits per heavy atom. The Bertz CT molecular complexity index is 1130. The molecule has 3 aromatic carbocycles. The van der Waals surface area contributed by atoms with Gasteiger partial charge in [0, 0.05) is 24.4 Å². The molecule has 0 saturated heterocycles. The topological polar surface area (TPSA) is 95.9 Å². The van der Waals surface area contributed by atoms with Crippen molar-refractivity contribution in [3.63, 3.8) is 0 Å². The number of aliphatic hydroxyl groups is 2. The second-order valence-electron chi connectivity index (χ2n) is 8.46. The van der Waals surface area contributed by atoms with Gasteiger partial charge in [0.05, 0.1) is 6.10 Å². The summed E-state index contributed by atoms with van der Waals surface area (Å²) >= 11 is 0. The van der Waals surface area contributed by atoms with Crippen molar-refractivity contribution in [2.75, 3.05) is 13.2 Å². The lowest BCUT2D eigenvalue weighted by Crippen LogP contribution is -2.30. The van der Waals surface area contributed by atoms with Crippen molar-refractivity contribution in [1.29, 1.82) is 0 Å². The molecule has 1 aliphatic rings. The van der Waals surface area contributed by atoms with E-state index in [1.54, 1.807) is 31.2 Å². The van der Waals surface area contributed by atoms with Crippen molar-refractivity contribution >= 4 is 11.9 Å². The lowest BCUT2D eigenvalue weighted by molar-refractivity contribution is 0.0136. The molecule has 0 saturated carbocycles. The molecule has 1 amide bonds. The van der Waals surface area contributed by atoms with E-state index in [-0.39, 0.29) is 31.3 Å². The molecule has 0 aliphatic heterocycles. The quantitative estimate of drug-likeness (QED) is 0.407. The zero-order valence-corrected chi connectivity index (χ0v) is 19.1. The second-order valence-corrected chi connectivity index (χ2v) is 8.46. The molecule has 3 N–H and O–H groups in total. The highest BCUT2D eigenvalue weighted by atomic mass is 16.5. The van der Waals surface area contributed by atoms with Crippen LogP contribution >= 0.6 is 0 Å². The average molecular weight is 460 g/mol. The van der Waals surface area contributed by atoms with Gasteiger partial charge in [0.25, 0.3) is 0 Å². The van der Waals surface area contributed by atoms with Gasteiger partial charge < -0.3 is 20.3 Å². The molecule has 3 aromatic rings. The van der Waals surface area contributed by atoms with Crippen LogP contribution in [-0.2, 0) is 4.74 Å². The third-order valence-electron chi connectivity index (χ3n) is 6.29. The predicted molar refractivity (Wildman–Crippen MR) is 130 cm³/mol. The van der Waals surface area contributed by atoms with Gasteiger partial charge >= 0.3 is 6.09 Å².